The van der Waals surface area contributed by atoms with Crippen LogP contribution in [0.1, 0.15) is 28.4 Å². The number of benzene rings is 2. The topological polar surface area (TPSA) is 84.6 Å². The van der Waals surface area contributed by atoms with Crippen LogP contribution in [0.15, 0.2) is 53.6 Å². The summed E-state index contributed by atoms with van der Waals surface area (Å²) in [6.07, 6.45) is 1.96. The second-order valence-electron chi connectivity index (χ2n) is 4.56. The first-order chi connectivity index (χ1) is 10.6. The Morgan fingerprint density at radius 2 is 2.00 bits per heavy atom. The van der Waals surface area contributed by atoms with E-state index in [9.17, 15) is 14.9 Å². The number of aryl methyl sites for hydroxylation is 1. The lowest BCUT2D eigenvalue weighted by Crippen LogP contribution is -2.17. The van der Waals surface area contributed by atoms with Crippen molar-refractivity contribution in [1.29, 1.82) is 0 Å². The van der Waals surface area contributed by atoms with Gasteiger partial charge in [-0.25, -0.2) is 5.43 Å². The molecule has 0 bridgehead atoms. The smallest absolute Gasteiger partial charge is 0.267 e. The SMILES string of the molecule is CCc1ccc(/C=N\NC(=O)c2ccccc2)cc1[N+](=O)[O-]. The number of hydrazone groups is 1. The molecule has 0 spiro atoms. The van der Waals surface area contributed by atoms with Crippen LogP contribution in [0.5, 0.6) is 0 Å². The molecule has 0 fully saturated rings. The predicted octanol–water partition coefficient (Wildman–Crippen LogP) is 2.92. The largest absolute Gasteiger partial charge is 0.273 e. The molecule has 1 amide bonds. The molecule has 0 aromatic heterocycles. The molecule has 6 heteroatoms. The Labute approximate surface area is 127 Å². The van der Waals surface area contributed by atoms with Gasteiger partial charge in [0.25, 0.3) is 11.6 Å². The summed E-state index contributed by atoms with van der Waals surface area (Å²) in [7, 11) is 0. The van der Waals surface area contributed by atoms with Gasteiger partial charge < -0.3 is 0 Å². The molecule has 0 atom stereocenters. The molecule has 0 aliphatic heterocycles. The van der Waals surface area contributed by atoms with Gasteiger partial charge in [0.05, 0.1) is 11.1 Å². The molecule has 1 N–H and O–H groups in total. The van der Waals surface area contributed by atoms with Crippen molar-refractivity contribution in [3.05, 3.63) is 75.3 Å². The van der Waals surface area contributed by atoms with E-state index < -0.39 is 4.92 Å². The van der Waals surface area contributed by atoms with Crippen LogP contribution in [-0.4, -0.2) is 17.0 Å². The number of carbonyl (C=O) groups is 1. The molecule has 22 heavy (non-hydrogen) atoms. The van der Waals surface area contributed by atoms with Gasteiger partial charge in [-0.1, -0.05) is 37.3 Å². The normalized spacial score (nSPS) is 10.6. The lowest BCUT2D eigenvalue weighted by Gasteiger charge is -2.01. The fraction of sp³-hybridized carbons (Fsp3) is 0.125. The Hall–Kier alpha value is -3.02. The zero-order chi connectivity index (χ0) is 15.9. The highest BCUT2D eigenvalue weighted by molar-refractivity contribution is 5.94. The van der Waals surface area contributed by atoms with Gasteiger partial charge in [-0.05, 0) is 18.6 Å². The lowest BCUT2D eigenvalue weighted by atomic mass is 10.1. The van der Waals surface area contributed by atoms with E-state index in [4.69, 9.17) is 0 Å². The van der Waals surface area contributed by atoms with Crippen molar-refractivity contribution in [2.24, 2.45) is 5.10 Å². The number of nitrogens with zero attached hydrogens (tertiary/aromatic N) is 2. The Kier molecular flexibility index (Phi) is 4.98. The Morgan fingerprint density at radius 1 is 1.27 bits per heavy atom. The van der Waals surface area contributed by atoms with Gasteiger partial charge >= 0.3 is 0 Å². The van der Waals surface area contributed by atoms with E-state index in [0.29, 0.717) is 23.1 Å². The maximum Gasteiger partial charge on any atom is 0.273 e. The number of carbonyl (C=O) groups excluding carboxylic acids is 1. The quantitative estimate of drug-likeness (QED) is 0.523. The average molecular weight is 297 g/mol. The van der Waals surface area contributed by atoms with Gasteiger partial charge in [0.1, 0.15) is 0 Å². The first kappa shape index (κ1) is 15.4. The van der Waals surface area contributed by atoms with Crippen LogP contribution in [0.3, 0.4) is 0 Å². The van der Waals surface area contributed by atoms with Gasteiger partial charge in [0, 0.05) is 22.8 Å². The first-order valence-electron chi connectivity index (χ1n) is 6.77. The third kappa shape index (κ3) is 3.76. The van der Waals surface area contributed by atoms with E-state index in [-0.39, 0.29) is 11.6 Å². The minimum absolute atomic E-state index is 0.0563. The van der Waals surface area contributed by atoms with Gasteiger partial charge in [-0.15, -0.1) is 0 Å². The second-order valence-corrected chi connectivity index (χ2v) is 4.56. The summed E-state index contributed by atoms with van der Waals surface area (Å²) in [6, 6.07) is 13.5. The van der Waals surface area contributed by atoms with Crippen LogP contribution in [0.25, 0.3) is 0 Å². The number of nitro benzene ring substituents is 1. The molecule has 0 saturated carbocycles. The van der Waals surface area contributed by atoms with E-state index in [1.807, 2.05) is 13.0 Å². The fourth-order valence-electron chi connectivity index (χ4n) is 1.95. The van der Waals surface area contributed by atoms with Crippen LogP contribution in [0, 0.1) is 10.1 Å². The summed E-state index contributed by atoms with van der Waals surface area (Å²) in [5.41, 5.74) is 4.15. The van der Waals surface area contributed by atoms with E-state index in [0.717, 1.165) is 0 Å². The molecule has 0 aliphatic carbocycles. The molecular formula is C16H15N3O3. The maximum absolute atomic E-state index is 11.8. The number of amides is 1. The molecule has 0 saturated heterocycles. The van der Waals surface area contributed by atoms with Crippen LogP contribution < -0.4 is 5.43 Å². The molecule has 0 aliphatic rings. The Balaban J connectivity index is 2.09. The molecule has 2 aromatic carbocycles. The first-order valence-corrected chi connectivity index (χ1v) is 6.77. The molecule has 2 aromatic rings. The van der Waals surface area contributed by atoms with Crippen LogP contribution in [0.2, 0.25) is 0 Å². The third-order valence-corrected chi connectivity index (χ3v) is 3.10. The zero-order valence-electron chi connectivity index (χ0n) is 12.0. The Bertz CT molecular complexity index is 712. The van der Waals surface area contributed by atoms with E-state index >= 15 is 0 Å². The fourth-order valence-corrected chi connectivity index (χ4v) is 1.95. The van der Waals surface area contributed by atoms with Crippen molar-refractivity contribution in [2.75, 3.05) is 0 Å². The summed E-state index contributed by atoms with van der Waals surface area (Å²) < 4.78 is 0. The van der Waals surface area contributed by atoms with Crippen LogP contribution >= 0.6 is 0 Å². The molecule has 0 heterocycles. The number of nitrogens with one attached hydrogen (secondary N) is 1. The number of hydrogen-bond acceptors (Lipinski definition) is 4. The third-order valence-electron chi connectivity index (χ3n) is 3.10. The molecule has 0 radical (unpaired) electrons. The highest BCUT2D eigenvalue weighted by Gasteiger charge is 2.12. The van der Waals surface area contributed by atoms with Gasteiger partial charge in [-0.3, -0.25) is 14.9 Å². The van der Waals surface area contributed by atoms with Gasteiger partial charge in [0.15, 0.2) is 0 Å². The summed E-state index contributed by atoms with van der Waals surface area (Å²) in [4.78, 5) is 22.4. The summed E-state index contributed by atoms with van der Waals surface area (Å²) >= 11 is 0. The van der Waals surface area contributed by atoms with Gasteiger partial charge in [0.2, 0.25) is 0 Å². The van der Waals surface area contributed by atoms with Crippen molar-refractivity contribution < 1.29 is 9.72 Å². The number of hydrogen-bond donors (Lipinski definition) is 1. The predicted molar refractivity (Wildman–Crippen MR) is 84.0 cm³/mol. The standard InChI is InChI=1S/C16H15N3O3/c1-2-13-9-8-12(10-15(13)19(21)22)11-17-18-16(20)14-6-4-3-5-7-14/h3-11H,2H2,1H3,(H,18,20)/b17-11-. The van der Waals surface area contributed by atoms with Crippen molar-refractivity contribution in [1.82, 2.24) is 5.43 Å². The minimum Gasteiger partial charge on any atom is -0.267 e. The Morgan fingerprint density at radius 3 is 2.64 bits per heavy atom. The van der Waals surface area contributed by atoms with Crippen molar-refractivity contribution in [3.8, 4) is 0 Å². The lowest BCUT2D eigenvalue weighted by molar-refractivity contribution is -0.385. The van der Waals surface area contributed by atoms with Crippen molar-refractivity contribution in [2.45, 2.75) is 13.3 Å². The summed E-state index contributed by atoms with van der Waals surface area (Å²) in [5, 5.41) is 14.8. The highest BCUT2D eigenvalue weighted by atomic mass is 16.6. The van der Waals surface area contributed by atoms with E-state index in [2.05, 4.69) is 10.5 Å². The molecule has 2 rings (SSSR count). The number of nitro groups is 1. The maximum atomic E-state index is 11.8. The monoisotopic (exact) mass is 297 g/mol. The van der Waals surface area contributed by atoms with Crippen molar-refractivity contribution >= 4 is 17.8 Å². The van der Waals surface area contributed by atoms with Gasteiger partial charge in [-0.2, -0.15) is 5.10 Å². The van der Waals surface area contributed by atoms with E-state index in [1.54, 1.807) is 36.4 Å². The minimum atomic E-state index is -0.418. The molecule has 112 valence electrons. The zero-order valence-corrected chi connectivity index (χ0v) is 12.0. The second kappa shape index (κ2) is 7.12. The highest BCUT2D eigenvalue weighted by Crippen LogP contribution is 2.20. The number of rotatable bonds is 5. The summed E-state index contributed by atoms with van der Waals surface area (Å²) in [6.45, 7) is 1.86. The van der Waals surface area contributed by atoms with Crippen molar-refractivity contribution in [3.63, 3.8) is 0 Å². The summed E-state index contributed by atoms with van der Waals surface area (Å²) in [5.74, 6) is -0.337. The van der Waals surface area contributed by atoms with Crippen LogP contribution in [0.4, 0.5) is 5.69 Å². The van der Waals surface area contributed by atoms with E-state index in [1.165, 1.54) is 12.3 Å². The van der Waals surface area contributed by atoms with Crippen LogP contribution in [-0.2, 0) is 6.42 Å². The molecule has 6 nitrogen and oxygen atoms in total. The molecule has 0 unspecified atom stereocenters. The average Bonchev–Trinajstić information content (AvgIpc) is 2.55. The molecular weight excluding hydrogens is 282 g/mol.